The Hall–Kier alpha value is -1.38. The first-order valence-corrected chi connectivity index (χ1v) is 6.74. The predicted molar refractivity (Wildman–Crippen MR) is 74.3 cm³/mol. The Morgan fingerprint density at radius 3 is 2.39 bits per heavy atom. The quantitative estimate of drug-likeness (QED) is 0.840. The third-order valence-electron chi connectivity index (χ3n) is 3.19. The molecule has 0 aliphatic heterocycles. The minimum absolute atomic E-state index is 0.0468. The molecule has 1 aromatic heterocycles. The standard InChI is InChI=1S/C15H24N2O/c1-5-13(14-6-8-16-9-7-14)10-12(4)15(18)17-11(2)3/h6-9,11-13H,5,10H2,1-4H3,(H,17,18). The van der Waals surface area contributed by atoms with E-state index in [-0.39, 0.29) is 17.9 Å². The van der Waals surface area contributed by atoms with Gasteiger partial charge in [0.25, 0.3) is 0 Å². The molecule has 0 aromatic carbocycles. The van der Waals surface area contributed by atoms with E-state index in [9.17, 15) is 4.79 Å². The highest BCUT2D eigenvalue weighted by Gasteiger charge is 2.19. The van der Waals surface area contributed by atoms with Crippen LogP contribution >= 0.6 is 0 Å². The molecule has 0 aliphatic carbocycles. The van der Waals surface area contributed by atoms with Gasteiger partial charge >= 0.3 is 0 Å². The number of hydrogen-bond donors (Lipinski definition) is 1. The lowest BCUT2D eigenvalue weighted by atomic mass is 9.88. The van der Waals surface area contributed by atoms with Crippen LogP contribution in [0.1, 0.15) is 52.0 Å². The average molecular weight is 248 g/mol. The van der Waals surface area contributed by atoms with Crippen molar-refractivity contribution in [3.8, 4) is 0 Å². The third-order valence-corrected chi connectivity index (χ3v) is 3.19. The molecule has 3 nitrogen and oxygen atoms in total. The molecule has 100 valence electrons. The van der Waals surface area contributed by atoms with Gasteiger partial charge in [0.15, 0.2) is 0 Å². The van der Waals surface area contributed by atoms with Crippen LogP contribution in [-0.4, -0.2) is 16.9 Å². The van der Waals surface area contributed by atoms with Crippen LogP contribution in [0.15, 0.2) is 24.5 Å². The first-order valence-electron chi connectivity index (χ1n) is 6.74. The molecule has 0 radical (unpaired) electrons. The van der Waals surface area contributed by atoms with Gasteiger partial charge in [-0.2, -0.15) is 0 Å². The second kappa shape index (κ2) is 7.14. The zero-order valence-electron chi connectivity index (χ0n) is 11.8. The van der Waals surface area contributed by atoms with Crippen LogP contribution < -0.4 is 5.32 Å². The van der Waals surface area contributed by atoms with E-state index in [1.807, 2.05) is 45.3 Å². The summed E-state index contributed by atoms with van der Waals surface area (Å²) in [4.78, 5) is 15.9. The van der Waals surface area contributed by atoms with E-state index in [4.69, 9.17) is 0 Å². The summed E-state index contributed by atoms with van der Waals surface area (Å²) in [6, 6.07) is 4.30. The summed E-state index contributed by atoms with van der Waals surface area (Å²) in [5.41, 5.74) is 1.27. The van der Waals surface area contributed by atoms with Crippen LogP contribution in [-0.2, 0) is 4.79 Å². The molecule has 1 N–H and O–H groups in total. The molecule has 0 bridgehead atoms. The van der Waals surface area contributed by atoms with Crippen LogP contribution in [0.4, 0.5) is 0 Å². The molecule has 1 aromatic rings. The van der Waals surface area contributed by atoms with Crippen molar-refractivity contribution in [3.05, 3.63) is 30.1 Å². The van der Waals surface area contributed by atoms with Gasteiger partial charge in [0.1, 0.15) is 0 Å². The fourth-order valence-electron chi connectivity index (χ4n) is 2.13. The number of nitrogens with one attached hydrogen (secondary N) is 1. The molecular formula is C15H24N2O. The van der Waals surface area contributed by atoms with E-state index in [1.54, 1.807) is 0 Å². The Kier molecular flexibility index (Phi) is 5.83. The van der Waals surface area contributed by atoms with E-state index >= 15 is 0 Å². The van der Waals surface area contributed by atoms with Crippen molar-refractivity contribution in [1.82, 2.24) is 10.3 Å². The van der Waals surface area contributed by atoms with Gasteiger partial charge in [0, 0.05) is 24.4 Å². The highest BCUT2D eigenvalue weighted by Crippen LogP contribution is 2.26. The summed E-state index contributed by atoms with van der Waals surface area (Å²) < 4.78 is 0. The summed E-state index contributed by atoms with van der Waals surface area (Å²) in [6.07, 6.45) is 5.57. The zero-order valence-corrected chi connectivity index (χ0v) is 11.8. The summed E-state index contributed by atoms with van der Waals surface area (Å²) in [6.45, 7) is 8.15. The molecular weight excluding hydrogens is 224 g/mol. The van der Waals surface area contributed by atoms with Gasteiger partial charge in [-0.1, -0.05) is 13.8 Å². The maximum Gasteiger partial charge on any atom is 0.223 e. The second-order valence-corrected chi connectivity index (χ2v) is 5.19. The van der Waals surface area contributed by atoms with Crippen LogP contribution in [0.25, 0.3) is 0 Å². The van der Waals surface area contributed by atoms with Gasteiger partial charge in [-0.05, 0) is 50.3 Å². The minimum atomic E-state index is 0.0468. The van der Waals surface area contributed by atoms with Crippen molar-refractivity contribution in [1.29, 1.82) is 0 Å². The predicted octanol–water partition coefficient (Wildman–Crippen LogP) is 3.13. The number of carbonyl (C=O) groups excluding carboxylic acids is 1. The fourth-order valence-corrected chi connectivity index (χ4v) is 2.13. The van der Waals surface area contributed by atoms with Gasteiger partial charge in [-0.15, -0.1) is 0 Å². The molecule has 1 rings (SSSR count). The van der Waals surface area contributed by atoms with Crippen molar-refractivity contribution < 1.29 is 4.79 Å². The normalized spacial score (nSPS) is 14.3. The number of pyridine rings is 1. The molecule has 2 atom stereocenters. The number of amides is 1. The van der Waals surface area contributed by atoms with E-state index in [1.165, 1.54) is 5.56 Å². The van der Waals surface area contributed by atoms with Crippen molar-refractivity contribution in [3.63, 3.8) is 0 Å². The molecule has 18 heavy (non-hydrogen) atoms. The average Bonchev–Trinajstić information content (AvgIpc) is 2.35. The van der Waals surface area contributed by atoms with E-state index in [0.717, 1.165) is 12.8 Å². The lowest BCUT2D eigenvalue weighted by molar-refractivity contribution is -0.125. The Labute approximate surface area is 110 Å². The SMILES string of the molecule is CCC(CC(C)C(=O)NC(C)C)c1ccncc1. The highest BCUT2D eigenvalue weighted by molar-refractivity contribution is 5.78. The van der Waals surface area contributed by atoms with E-state index in [0.29, 0.717) is 5.92 Å². The first kappa shape index (κ1) is 14.7. The maximum absolute atomic E-state index is 11.9. The lowest BCUT2D eigenvalue weighted by Gasteiger charge is -2.20. The topological polar surface area (TPSA) is 42.0 Å². The fraction of sp³-hybridized carbons (Fsp3) is 0.600. The smallest absolute Gasteiger partial charge is 0.223 e. The number of rotatable bonds is 6. The molecule has 0 saturated carbocycles. The van der Waals surface area contributed by atoms with Crippen molar-refractivity contribution >= 4 is 5.91 Å². The summed E-state index contributed by atoms with van der Waals surface area (Å²) >= 11 is 0. The van der Waals surface area contributed by atoms with E-state index < -0.39 is 0 Å². The number of hydrogen-bond acceptors (Lipinski definition) is 2. The number of aromatic nitrogens is 1. The molecule has 3 heteroatoms. The number of carbonyl (C=O) groups is 1. The zero-order chi connectivity index (χ0) is 13.5. The first-order chi connectivity index (χ1) is 8.54. The van der Waals surface area contributed by atoms with Gasteiger partial charge in [-0.25, -0.2) is 0 Å². The minimum Gasteiger partial charge on any atom is -0.354 e. The molecule has 1 amide bonds. The van der Waals surface area contributed by atoms with Crippen LogP contribution in [0.5, 0.6) is 0 Å². The Balaban J connectivity index is 2.61. The maximum atomic E-state index is 11.9. The molecule has 1 heterocycles. The highest BCUT2D eigenvalue weighted by atomic mass is 16.1. The Bertz CT molecular complexity index is 362. The summed E-state index contributed by atoms with van der Waals surface area (Å²) in [5.74, 6) is 0.629. The molecule has 0 aliphatic rings. The summed E-state index contributed by atoms with van der Waals surface area (Å²) in [5, 5.41) is 2.97. The molecule has 2 unspecified atom stereocenters. The molecule has 0 fully saturated rings. The second-order valence-electron chi connectivity index (χ2n) is 5.19. The van der Waals surface area contributed by atoms with Crippen molar-refractivity contribution in [2.75, 3.05) is 0 Å². The van der Waals surface area contributed by atoms with Crippen molar-refractivity contribution in [2.45, 2.75) is 52.5 Å². The van der Waals surface area contributed by atoms with Gasteiger partial charge in [0.05, 0.1) is 0 Å². The molecule has 0 spiro atoms. The largest absolute Gasteiger partial charge is 0.354 e. The Morgan fingerprint density at radius 1 is 1.28 bits per heavy atom. The van der Waals surface area contributed by atoms with Gasteiger partial charge < -0.3 is 5.32 Å². The van der Waals surface area contributed by atoms with E-state index in [2.05, 4.69) is 17.2 Å². The monoisotopic (exact) mass is 248 g/mol. The van der Waals surface area contributed by atoms with Crippen LogP contribution in [0.2, 0.25) is 0 Å². The third kappa shape index (κ3) is 4.47. The molecule has 0 saturated heterocycles. The van der Waals surface area contributed by atoms with Crippen LogP contribution in [0.3, 0.4) is 0 Å². The Morgan fingerprint density at radius 2 is 1.89 bits per heavy atom. The van der Waals surface area contributed by atoms with Crippen LogP contribution in [0, 0.1) is 5.92 Å². The van der Waals surface area contributed by atoms with Crippen molar-refractivity contribution in [2.24, 2.45) is 5.92 Å². The summed E-state index contributed by atoms with van der Waals surface area (Å²) in [7, 11) is 0. The number of nitrogens with zero attached hydrogens (tertiary/aromatic N) is 1. The van der Waals surface area contributed by atoms with Gasteiger partial charge in [-0.3, -0.25) is 9.78 Å². The van der Waals surface area contributed by atoms with Gasteiger partial charge in [0.2, 0.25) is 5.91 Å². The lowest BCUT2D eigenvalue weighted by Crippen LogP contribution is -2.35.